The highest BCUT2D eigenvalue weighted by molar-refractivity contribution is 7.91. The molecule has 0 atom stereocenters. The van der Waals surface area contributed by atoms with E-state index in [4.69, 9.17) is 4.74 Å². The Labute approximate surface area is 200 Å². The molecular formula is C24H20N6O4S. The number of carbonyl (C=O) groups is 1. The standard InChI is InChI=1S/C24H20N6O4S/c1-34-21-12-19(30-10-2-9-28-30)5-8-22(21)35(32,33)20-6-3-16(4-7-20)13-26-24(31)18-11-17-15-27-29-23(17)25-14-18/h2-12,14-15H,13H2,1H3,(H,26,31)(H,25,27,29). The molecule has 0 bridgehead atoms. The van der Waals surface area contributed by atoms with E-state index in [1.165, 1.54) is 31.5 Å². The van der Waals surface area contributed by atoms with Crippen molar-refractivity contribution in [2.45, 2.75) is 16.3 Å². The summed E-state index contributed by atoms with van der Waals surface area (Å²) in [5.74, 6) is -0.0724. The van der Waals surface area contributed by atoms with E-state index in [0.717, 1.165) is 10.9 Å². The second-order valence-corrected chi connectivity index (χ2v) is 9.57. The number of nitrogens with one attached hydrogen (secondary N) is 2. The Kier molecular flexibility index (Phi) is 5.75. The van der Waals surface area contributed by atoms with Gasteiger partial charge in [-0.3, -0.25) is 9.89 Å². The number of amides is 1. The average Bonchev–Trinajstić information content (AvgIpc) is 3.59. The first-order valence-corrected chi connectivity index (χ1v) is 12.0. The van der Waals surface area contributed by atoms with E-state index in [1.54, 1.807) is 59.7 Å². The summed E-state index contributed by atoms with van der Waals surface area (Å²) < 4.78 is 33.5. The van der Waals surface area contributed by atoms with Crippen molar-refractivity contribution in [2.24, 2.45) is 0 Å². The molecule has 3 aromatic heterocycles. The molecule has 0 aliphatic rings. The van der Waals surface area contributed by atoms with Gasteiger partial charge in [0.2, 0.25) is 9.84 Å². The maximum atomic E-state index is 13.3. The fourth-order valence-corrected chi connectivity index (χ4v) is 5.00. The minimum atomic E-state index is -3.83. The Bertz CT molecular complexity index is 1610. The number of carbonyl (C=O) groups excluding carboxylic acids is 1. The van der Waals surface area contributed by atoms with Crippen LogP contribution in [-0.4, -0.2) is 46.4 Å². The zero-order valence-electron chi connectivity index (χ0n) is 18.5. The first kappa shape index (κ1) is 22.3. The van der Waals surface area contributed by atoms with Gasteiger partial charge in [-0.1, -0.05) is 12.1 Å². The van der Waals surface area contributed by atoms with Gasteiger partial charge >= 0.3 is 0 Å². The van der Waals surface area contributed by atoms with Crippen molar-refractivity contribution in [3.05, 3.63) is 90.5 Å². The molecule has 0 spiro atoms. The van der Waals surface area contributed by atoms with Gasteiger partial charge in [-0.05, 0) is 42.0 Å². The first-order valence-electron chi connectivity index (χ1n) is 10.5. The van der Waals surface area contributed by atoms with Gasteiger partial charge in [0.1, 0.15) is 10.6 Å². The van der Waals surface area contributed by atoms with Crippen molar-refractivity contribution in [1.29, 1.82) is 0 Å². The van der Waals surface area contributed by atoms with Gasteiger partial charge in [0.25, 0.3) is 5.91 Å². The number of benzene rings is 2. The second-order valence-electron chi connectivity index (χ2n) is 7.65. The predicted octanol–water partition coefficient (Wildman–Crippen LogP) is 2.92. The molecule has 35 heavy (non-hydrogen) atoms. The molecule has 0 saturated carbocycles. The third-order valence-electron chi connectivity index (χ3n) is 5.45. The summed E-state index contributed by atoms with van der Waals surface area (Å²) in [7, 11) is -2.41. The molecule has 5 rings (SSSR count). The average molecular weight is 489 g/mol. The third-order valence-corrected chi connectivity index (χ3v) is 7.25. The molecule has 0 aliphatic heterocycles. The van der Waals surface area contributed by atoms with Crippen molar-refractivity contribution in [2.75, 3.05) is 7.11 Å². The Morgan fingerprint density at radius 2 is 1.94 bits per heavy atom. The van der Waals surface area contributed by atoms with Crippen LogP contribution in [0.1, 0.15) is 15.9 Å². The molecule has 2 aromatic carbocycles. The van der Waals surface area contributed by atoms with E-state index in [0.29, 0.717) is 16.9 Å². The smallest absolute Gasteiger partial charge is 0.253 e. The van der Waals surface area contributed by atoms with Crippen molar-refractivity contribution < 1.29 is 17.9 Å². The molecule has 1 amide bonds. The van der Waals surface area contributed by atoms with E-state index in [2.05, 4.69) is 25.6 Å². The molecule has 3 heterocycles. The molecular weight excluding hydrogens is 468 g/mol. The van der Waals surface area contributed by atoms with Crippen molar-refractivity contribution in [3.8, 4) is 11.4 Å². The molecule has 0 fully saturated rings. The number of sulfone groups is 1. The van der Waals surface area contributed by atoms with Crippen LogP contribution in [0.5, 0.6) is 5.75 Å². The van der Waals surface area contributed by atoms with Gasteiger partial charge in [0, 0.05) is 36.6 Å². The van der Waals surface area contributed by atoms with Gasteiger partial charge in [0.15, 0.2) is 5.65 Å². The summed E-state index contributed by atoms with van der Waals surface area (Å²) >= 11 is 0. The van der Waals surface area contributed by atoms with Crippen LogP contribution >= 0.6 is 0 Å². The van der Waals surface area contributed by atoms with E-state index < -0.39 is 9.84 Å². The highest BCUT2D eigenvalue weighted by atomic mass is 32.2. The lowest BCUT2D eigenvalue weighted by atomic mass is 10.2. The Morgan fingerprint density at radius 1 is 1.11 bits per heavy atom. The molecule has 11 heteroatoms. The normalized spacial score (nSPS) is 11.5. The van der Waals surface area contributed by atoms with E-state index in [1.807, 2.05) is 0 Å². The number of aromatic amines is 1. The zero-order chi connectivity index (χ0) is 24.4. The minimum absolute atomic E-state index is 0.0547. The second kappa shape index (κ2) is 9.03. The maximum Gasteiger partial charge on any atom is 0.253 e. The summed E-state index contributed by atoms with van der Waals surface area (Å²) in [5.41, 5.74) is 2.43. The number of methoxy groups -OCH3 is 1. The van der Waals surface area contributed by atoms with E-state index >= 15 is 0 Å². The summed E-state index contributed by atoms with van der Waals surface area (Å²) in [6.45, 7) is 0.227. The van der Waals surface area contributed by atoms with E-state index in [-0.39, 0.29) is 28.0 Å². The number of rotatable bonds is 7. The summed E-state index contributed by atoms with van der Waals surface area (Å²) in [5, 5.41) is 14.3. The molecule has 2 N–H and O–H groups in total. The third kappa shape index (κ3) is 4.36. The van der Waals surface area contributed by atoms with Gasteiger partial charge in [0.05, 0.1) is 29.5 Å². The molecule has 5 aromatic rings. The van der Waals surface area contributed by atoms with Crippen LogP contribution < -0.4 is 10.1 Å². The lowest BCUT2D eigenvalue weighted by molar-refractivity contribution is 0.0950. The van der Waals surface area contributed by atoms with Crippen LogP contribution in [-0.2, 0) is 16.4 Å². The fraction of sp³-hybridized carbons (Fsp3) is 0.0833. The maximum absolute atomic E-state index is 13.3. The fourth-order valence-electron chi connectivity index (χ4n) is 3.60. The van der Waals surface area contributed by atoms with Gasteiger partial charge in [-0.15, -0.1) is 0 Å². The molecule has 0 unspecified atom stereocenters. The summed E-state index contributed by atoms with van der Waals surface area (Å²) in [4.78, 5) is 16.8. The SMILES string of the molecule is COc1cc(-n2cccn2)ccc1S(=O)(=O)c1ccc(CNC(=O)c2cnc3[nH]ncc3c2)cc1. The van der Waals surface area contributed by atoms with Crippen LogP contribution in [0, 0.1) is 0 Å². The van der Waals surface area contributed by atoms with Crippen LogP contribution in [0.4, 0.5) is 0 Å². The van der Waals surface area contributed by atoms with Crippen LogP contribution in [0.3, 0.4) is 0 Å². The Hall–Kier alpha value is -4.51. The number of hydrogen-bond donors (Lipinski definition) is 2. The summed E-state index contributed by atoms with van der Waals surface area (Å²) in [6, 6.07) is 14.6. The highest BCUT2D eigenvalue weighted by Crippen LogP contribution is 2.31. The quantitative estimate of drug-likeness (QED) is 0.360. The number of ether oxygens (including phenoxy) is 1. The van der Waals surface area contributed by atoms with Crippen molar-refractivity contribution >= 4 is 26.8 Å². The molecule has 176 valence electrons. The molecule has 0 radical (unpaired) electrons. The van der Waals surface area contributed by atoms with Crippen LogP contribution in [0.2, 0.25) is 0 Å². The topological polar surface area (TPSA) is 132 Å². The van der Waals surface area contributed by atoms with Crippen LogP contribution in [0.15, 0.2) is 89.2 Å². The van der Waals surface area contributed by atoms with Crippen LogP contribution in [0.25, 0.3) is 16.7 Å². The van der Waals surface area contributed by atoms with Crippen molar-refractivity contribution in [1.82, 2.24) is 30.3 Å². The van der Waals surface area contributed by atoms with Crippen molar-refractivity contribution in [3.63, 3.8) is 0 Å². The molecule has 10 nitrogen and oxygen atoms in total. The zero-order valence-corrected chi connectivity index (χ0v) is 19.4. The lowest BCUT2D eigenvalue weighted by Crippen LogP contribution is -2.22. The summed E-state index contributed by atoms with van der Waals surface area (Å²) in [6.07, 6.45) is 6.46. The molecule has 0 saturated heterocycles. The molecule has 0 aliphatic carbocycles. The number of fused-ring (bicyclic) bond motifs is 1. The number of aromatic nitrogens is 5. The number of hydrogen-bond acceptors (Lipinski definition) is 7. The monoisotopic (exact) mass is 488 g/mol. The lowest BCUT2D eigenvalue weighted by Gasteiger charge is -2.12. The number of H-pyrrole nitrogens is 1. The van der Waals surface area contributed by atoms with E-state index in [9.17, 15) is 13.2 Å². The largest absolute Gasteiger partial charge is 0.495 e. The first-order chi connectivity index (χ1) is 17.0. The highest BCUT2D eigenvalue weighted by Gasteiger charge is 2.23. The Morgan fingerprint density at radius 3 is 2.69 bits per heavy atom. The number of nitrogens with zero attached hydrogens (tertiary/aromatic N) is 4. The minimum Gasteiger partial charge on any atom is -0.495 e. The number of pyridine rings is 1. The predicted molar refractivity (Wildman–Crippen MR) is 127 cm³/mol. The van der Waals surface area contributed by atoms with Gasteiger partial charge in [-0.2, -0.15) is 10.2 Å². The van der Waals surface area contributed by atoms with Gasteiger partial charge < -0.3 is 10.1 Å². The van der Waals surface area contributed by atoms with Gasteiger partial charge in [-0.25, -0.2) is 18.1 Å². The Balaban J connectivity index is 1.31.